The fraction of sp³-hybridized carbons (Fsp3) is 0.214. The van der Waals surface area contributed by atoms with Crippen LogP contribution in [0.2, 0.25) is 0 Å². The maximum Gasteiger partial charge on any atom is 0.264 e. The summed E-state index contributed by atoms with van der Waals surface area (Å²) in [5.74, 6) is 5.76. The SMILES string of the molecule is N/N=C1\CC(c2ccccc2)Cc2n[nH]c(=O)cc21. The smallest absolute Gasteiger partial charge is 0.264 e. The van der Waals surface area contributed by atoms with Gasteiger partial charge in [-0.05, 0) is 24.3 Å². The molecular weight excluding hydrogens is 240 g/mol. The molecule has 0 bridgehead atoms. The topological polar surface area (TPSA) is 84.1 Å². The number of hydrogen-bond acceptors (Lipinski definition) is 4. The Morgan fingerprint density at radius 1 is 1.26 bits per heavy atom. The van der Waals surface area contributed by atoms with Gasteiger partial charge in [-0.2, -0.15) is 10.2 Å². The van der Waals surface area contributed by atoms with Crippen molar-refractivity contribution in [3.63, 3.8) is 0 Å². The lowest BCUT2D eigenvalue weighted by atomic mass is 9.81. The first-order chi connectivity index (χ1) is 9.28. The Labute approximate surface area is 110 Å². The Morgan fingerprint density at radius 3 is 2.79 bits per heavy atom. The van der Waals surface area contributed by atoms with Crippen LogP contribution in [0.25, 0.3) is 0 Å². The second-order valence-electron chi connectivity index (χ2n) is 4.68. The summed E-state index contributed by atoms with van der Waals surface area (Å²) in [6.45, 7) is 0. The zero-order valence-electron chi connectivity index (χ0n) is 10.3. The molecule has 1 aliphatic rings. The number of nitrogens with one attached hydrogen (secondary N) is 1. The van der Waals surface area contributed by atoms with Gasteiger partial charge in [-0.3, -0.25) is 4.79 Å². The number of nitrogens with zero attached hydrogens (tertiary/aromatic N) is 2. The Bertz CT molecular complexity index is 675. The molecule has 2 aromatic rings. The van der Waals surface area contributed by atoms with Crippen molar-refractivity contribution in [1.82, 2.24) is 10.2 Å². The highest BCUT2D eigenvalue weighted by atomic mass is 16.1. The Morgan fingerprint density at radius 2 is 2.05 bits per heavy atom. The molecule has 0 radical (unpaired) electrons. The first kappa shape index (κ1) is 11.6. The highest BCUT2D eigenvalue weighted by Crippen LogP contribution is 2.30. The number of aromatic amines is 1. The van der Waals surface area contributed by atoms with Crippen molar-refractivity contribution in [2.45, 2.75) is 18.8 Å². The number of nitrogens with two attached hydrogens (primary N) is 1. The van der Waals surface area contributed by atoms with E-state index in [2.05, 4.69) is 27.4 Å². The van der Waals surface area contributed by atoms with Crippen molar-refractivity contribution in [3.05, 3.63) is 63.6 Å². The summed E-state index contributed by atoms with van der Waals surface area (Å²) in [6.07, 6.45) is 1.52. The molecule has 0 saturated heterocycles. The fourth-order valence-corrected chi connectivity index (χ4v) is 2.57. The molecule has 0 amide bonds. The van der Waals surface area contributed by atoms with Crippen LogP contribution in [-0.2, 0) is 6.42 Å². The molecule has 5 nitrogen and oxygen atoms in total. The van der Waals surface area contributed by atoms with Crippen LogP contribution in [0.3, 0.4) is 0 Å². The summed E-state index contributed by atoms with van der Waals surface area (Å²) < 4.78 is 0. The van der Waals surface area contributed by atoms with Crippen LogP contribution < -0.4 is 11.4 Å². The maximum absolute atomic E-state index is 11.3. The molecule has 1 unspecified atom stereocenters. The molecule has 19 heavy (non-hydrogen) atoms. The molecule has 96 valence electrons. The van der Waals surface area contributed by atoms with Crippen molar-refractivity contribution in [3.8, 4) is 0 Å². The number of hydrazone groups is 1. The molecule has 0 spiro atoms. The van der Waals surface area contributed by atoms with E-state index in [0.717, 1.165) is 29.8 Å². The summed E-state index contributed by atoms with van der Waals surface area (Å²) in [7, 11) is 0. The third kappa shape index (κ3) is 2.14. The van der Waals surface area contributed by atoms with E-state index in [4.69, 9.17) is 5.84 Å². The predicted octanol–water partition coefficient (Wildman–Crippen LogP) is 1.16. The van der Waals surface area contributed by atoms with Crippen LogP contribution in [0.1, 0.15) is 29.2 Å². The number of H-pyrrole nitrogens is 1. The van der Waals surface area contributed by atoms with E-state index in [1.165, 1.54) is 11.6 Å². The van der Waals surface area contributed by atoms with Crippen LogP contribution in [-0.4, -0.2) is 15.9 Å². The highest BCUT2D eigenvalue weighted by molar-refractivity contribution is 6.02. The van der Waals surface area contributed by atoms with Gasteiger partial charge in [0, 0.05) is 11.6 Å². The lowest BCUT2D eigenvalue weighted by Crippen LogP contribution is -2.25. The molecule has 1 heterocycles. The van der Waals surface area contributed by atoms with Crippen molar-refractivity contribution in [1.29, 1.82) is 0 Å². The van der Waals surface area contributed by atoms with E-state index in [1.807, 2.05) is 18.2 Å². The predicted molar refractivity (Wildman–Crippen MR) is 73.1 cm³/mol. The molecule has 0 saturated carbocycles. The van der Waals surface area contributed by atoms with Crippen molar-refractivity contribution in [2.24, 2.45) is 10.9 Å². The second-order valence-corrected chi connectivity index (χ2v) is 4.68. The van der Waals surface area contributed by atoms with Crippen LogP contribution in [0, 0.1) is 0 Å². The van der Waals surface area contributed by atoms with Crippen LogP contribution in [0.5, 0.6) is 0 Å². The van der Waals surface area contributed by atoms with Crippen LogP contribution >= 0.6 is 0 Å². The summed E-state index contributed by atoms with van der Waals surface area (Å²) in [5, 5.41) is 10.4. The molecule has 1 aromatic heterocycles. The third-order valence-electron chi connectivity index (χ3n) is 3.50. The number of benzene rings is 1. The molecule has 3 rings (SSSR count). The number of fused-ring (bicyclic) bond motifs is 1. The molecule has 0 fully saturated rings. The number of hydrogen-bond donors (Lipinski definition) is 2. The molecule has 1 aliphatic carbocycles. The average Bonchev–Trinajstić information content (AvgIpc) is 2.47. The Kier molecular flexibility index (Phi) is 2.87. The first-order valence-corrected chi connectivity index (χ1v) is 6.18. The lowest BCUT2D eigenvalue weighted by Gasteiger charge is -2.24. The first-order valence-electron chi connectivity index (χ1n) is 6.18. The summed E-state index contributed by atoms with van der Waals surface area (Å²) >= 11 is 0. The normalized spacial score (nSPS) is 20.2. The van der Waals surface area contributed by atoms with Crippen LogP contribution in [0.4, 0.5) is 0 Å². The van der Waals surface area contributed by atoms with Crippen LogP contribution in [0.15, 0.2) is 46.3 Å². The monoisotopic (exact) mass is 254 g/mol. The standard InChI is InChI=1S/C14H14N4O/c15-16-12-6-10(9-4-2-1-3-5-9)7-13-11(12)8-14(19)18-17-13/h1-5,8,10H,6-7,15H2,(H,18,19)/b16-12+. The quantitative estimate of drug-likeness (QED) is 0.591. The van der Waals surface area contributed by atoms with E-state index in [9.17, 15) is 4.79 Å². The van der Waals surface area contributed by atoms with Gasteiger partial charge < -0.3 is 5.84 Å². The van der Waals surface area contributed by atoms with Gasteiger partial charge in [-0.25, -0.2) is 5.10 Å². The zero-order chi connectivity index (χ0) is 13.2. The minimum absolute atomic E-state index is 0.224. The molecule has 0 aliphatic heterocycles. The molecule has 3 N–H and O–H groups in total. The van der Waals surface area contributed by atoms with Gasteiger partial charge in [-0.15, -0.1) is 0 Å². The van der Waals surface area contributed by atoms with E-state index in [1.54, 1.807) is 0 Å². The zero-order valence-corrected chi connectivity index (χ0v) is 10.3. The maximum atomic E-state index is 11.3. The molecule has 5 heteroatoms. The van der Waals surface area contributed by atoms with Gasteiger partial charge in [0.2, 0.25) is 0 Å². The van der Waals surface area contributed by atoms with Crippen molar-refractivity contribution in [2.75, 3.05) is 0 Å². The summed E-state index contributed by atoms with van der Waals surface area (Å²) in [6, 6.07) is 11.7. The molecular formula is C14H14N4O. The van der Waals surface area contributed by atoms with Crippen molar-refractivity contribution < 1.29 is 0 Å². The fourth-order valence-electron chi connectivity index (χ4n) is 2.57. The average molecular weight is 254 g/mol. The summed E-state index contributed by atoms with van der Waals surface area (Å²) in [4.78, 5) is 11.3. The van der Waals surface area contributed by atoms with Gasteiger partial charge in [0.1, 0.15) is 0 Å². The third-order valence-corrected chi connectivity index (χ3v) is 3.50. The number of rotatable bonds is 1. The Balaban J connectivity index is 2.04. The van der Waals surface area contributed by atoms with E-state index < -0.39 is 0 Å². The van der Waals surface area contributed by atoms with Gasteiger partial charge in [0.05, 0.1) is 11.4 Å². The Hall–Kier alpha value is -2.43. The van der Waals surface area contributed by atoms with Gasteiger partial charge >= 0.3 is 0 Å². The van der Waals surface area contributed by atoms with Gasteiger partial charge in [-0.1, -0.05) is 30.3 Å². The van der Waals surface area contributed by atoms with E-state index >= 15 is 0 Å². The second kappa shape index (κ2) is 4.68. The molecule has 1 atom stereocenters. The van der Waals surface area contributed by atoms with Gasteiger partial charge in [0.25, 0.3) is 5.56 Å². The number of aromatic nitrogens is 2. The highest BCUT2D eigenvalue weighted by Gasteiger charge is 2.26. The van der Waals surface area contributed by atoms with E-state index in [-0.39, 0.29) is 5.56 Å². The van der Waals surface area contributed by atoms with Gasteiger partial charge in [0.15, 0.2) is 0 Å². The lowest BCUT2D eigenvalue weighted by molar-refractivity contribution is 0.665. The minimum Gasteiger partial charge on any atom is -0.323 e. The minimum atomic E-state index is -0.224. The largest absolute Gasteiger partial charge is 0.323 e. The molecule has 1 aromatic carbocycles. The van der Waals surface area contributed by atoms with Crippen molar-refractivity contribution >= 4 is 5.71 Å². The summed E-state index contributed by atoms with van der Waals surface area (Å²) in [5.41, 5.74) is 3.39. The van der Waals surface area contributed by atoms with E-state index in [0.29, 0.717) is 5.92 Å².